The predicted octanol–water partition coefficient (Wildman–Crippen LogP) is 2.33. The van der Waals surface area contributed by atoms with Gasteiger partial charge in [-0.1, -0.05) is 18.5 Å². The number of anilines is 1. The van der Waals surface area contributed by atoms with Crippen molar-refractivity contribution in [2.24, 2.45) is 11.8 Å². The van der Waals surface area contributed by atoms with E-state index in [2.05, 4.69) is 36.3 Å². The molecule has 21 heavy (non-hydrogen) atoms. The fourth-order valence-corrected chi connectivity index (χ4v) is 3.65. The Balaban J connectivity index is 2.43. The molecule has 0 spiro atoms. The normalized spacial score (nSPS) is 27.8. The summed E-state index contributed by atoms with van der Waals surface area (Å²) in [6.45, 7) is 2.31. The highest BCUT2D eigenvalue weighted by atomic mass is 35.5. The third-order valence-corrected chi connectivity index (χ3v) is 5.17. The second-order valence-corrected chi connectivity index (χ2v) is 6.84. The van der Waals surface area contributed by atoms with Crippen LogP contribution in [0, 0.1) is 5.92 Å². The SMILES string of the molecule is CC1CCC(C(NN)c2cc(Cl)cnc2N)(N(C)C)CC1. The van der Waals surface area contributed by atoms with Crippen molar-refractivity contribution in [3.05, 3.63) is 22.8 Å². The van der Waals surface area contributed by atoms with Gasteiger partial charge in [0.2, 0.25) is 0 Å². The number of aromatic nitrogens is 1. The van der Waals surface area contributed by atoms with Crippen LogP contribution in [-0.4, -0.2) is 29.5 Å². The Morgan fingerprint density at radius 2 is 2.05 bits per heavy atom. The molecule has 2 rings (SSSR count). The summed E-state index contributed by atoms with van der Waals surface area (Å²) >= 11 is 6.10. The number of nitrogens with one attached hydrogen (secondary N) is 1. The van der Waals surface area contributed by atoms with Crippen LogP contribution in [0.5, 0.6) is 0 Å². The van der Waals surface area contributed by atoms with Gasteiger partial charge in [0.05, 0.1) is 11.1 Å². The predicted molar refractivity (Wildman–Crippen MR) is 87.8 cm³/mol. The van der Waals surface area contributed by atoms with E-state index in [-0.39, 0.29) is 11.6 Å². The zero-order valence-corrected chi connectivity index (χ0v) is 13.8. The molecule has 5 nitrogen and oxygen atoms in total. The summed E-state index contributed by atoms with van der Waals surface area (Å²) in [5.74, 6) is 7.15. The van der Waals surface area contributed by atoms with Crippen molar-refractivity contribution in [1.29, 1.82) is 0 Å². The number of likely N-dealkylation sites (N-methyl/N-ethyl adjacent to an activating group) is 1. The van der Waals surface area contributed by atoms with E-state index in [1.807, 2.05) is 6.07 Å². The Labute approximate surface area is 132 Å². The maximum absolute atomic E-state index is 6.10. The van der Waals surface area contributed by atoms with Gasteiger partial charge in [0.15, 0.2) is 0 Å². The zero-order chi connectivity index (χ0) is 15.6. The molecule has 1 heterocycles. The third-order valence-electron chi connectivity index (χ3n) is 4.96. The standard InChI is InChI=1S/C15H26ClN5/c1-10-4-6-15(7-5-10,21(2)3)13(20-18)12-8-11(16)9-19-14(12)17/h8-10,13,20H,4-7,18H2,1-3H3,(H2,17,19). The Hall–Kier alpha value is -0.880. The summed E-state index contributed by atoms with van der Waals surface area (Å²) in [6.07, 6.45) is 6.08. The molecule has 6 heteroatoms. The molecule has 1 aliphatic carbocycles. The van der Waals surface area contributed by atoms with Crippen molar-refractivity contribution in [3.63, 3.8) is 0 Å². The summed E-state index contributed by atoms with van der Waals surface area (Å²) in [4.78, 5) is 6.45. The summed E-state index contributed by atoms with van der Waals surface area (Å²) in [7, 11) is 4.21. The molecule has 1 aromatic rings. The quantitative estimate of drug-likeness (QED) is 0.587. The molecule has 0 aliphatic heterocycles. The van der Waals surface area contributed by atoms with Crippen LogP contribution in [0.4, 0.5) is 5.82 Å². The van der Waals surface area contributed by atoms with E-state index in [0.29, 0.717) is 10.8 Å². The van der Waals surface area contributed by atoms with Gasteiger partial charge < -0.3 is 10.6 Å². The molecule has 5 N–H and O–H groups in total. The third kappa shape index (κ3) is 3.16. The van der Waals surface area contributed by atoms with E-state index in [1.165, 1.54) is 12.8 Å². The molecule has 1 aliphatic rings. The monoisotopic (exact) mass is 311 g/mol. The van der Waals surface area contributed by atoms with Crippen LogP contribution in [0.15, 0.2) is 12.3 Å². The summed E-state index contributed by atoms with van der Waals surface area (Å²) < 4.78 is 0. The minimum Gasteiger partial charge on any atom is -0.383 e. The lowest BCUT2D eigenvalue weighted by atomic mass is 9.70. The minimum atomic E-state index is -0.0915. The molecule has 1 unspecified atom stereocenters. The molecule has 1 aromatic heterocycles. The number of halogens is 1. The van der Waals surface area contributed by atoms with E-state index >= 15 is 0 Å². The van der Waals surface area contributed by atoms with Gasteiger partial charge in [0.25, 0.3) is 0 Å². The molecular formula is C15H26ClN5. The van der Waals surface area contributed by atoms with Crippen LogP contribution >= 0.6 is 11.6 Å². The Bertz CT molecular complexity index is 483. The van der Waals surface area contributed by atoms with E-state index in [9.17, 15) is 0 Å². The van der Waals surface area contributed by atoms with Crippen molar-refractivity contribution in [3.8, 4) is 0 Å². The van der Waals surface area contributed by atoms with Gasteiger partial charge >= 0.3 is 0 Å². The van der Waals surface area contributed by atoms with Crippen LogP contribution in [0.2, 0.25) is 5.02 Å². The first kappa shape index (κ1) is 16.5. The fourth-order valence-electron chi connectivity index (χ4n) is 3.49. The van der Waals surface area contributed by atoms with Crippen molar-refractivity contribution in [2.75, 3.05) is 19.8 Å². The van der Waals surface area contributed by atoms with Gasteiger partial charge in [-0.05, 0) is 51.8 Å². The second-order valence-electron chi connectivity index (χ2n) is 6.41. The van der Waals surface area contributed by atoms with E-state index < -0.39 is 0 Å². The number of nitrogens with zero attached hydrogens (tertiary/aromatic N) is 2. The Morgan fingerprint density at radius 1 is 1.43 bits per heavy atom. The maximum Gasteiger partial charge on any atom is 0.128 e. The average Bonchev–Trinajstić information content (AvgIpc) is 2.45. The second kappa shape index (κ2) is 6.48. The minimum absolute atomic E-state index is 0.0677. The van der Waals surface area contributed by atoms with E-state index in [4.69, 9.17) is 23.2 Å². The van der Waals surface area contributed by atoms with Gasteiger partial charge in [-0.15, -0.1) is 0 Å². The smallest absolute Gasteiger partial charge is 0.128 e. The van der Waals surface area contributed by atoms with Crippen molar-refractivity contribution < 1.29 is 0 Å². The number of hydrogen-bond donors (Lipinski definition) is 3. The number of pyridine rings is 1. The number of nitrogens with two attached hydrogens (primary N) is 2. The summed E-state index contributed by atoms with van der Waals surface area (Å²) in [5.41, 5.74) is 9.86. The molecule has 0 radical (unpaired) electrons. The number of hydrogen-bond acceptors (Lipinski definition) is 5. The first-order valence-corrected chi connectivity index (χ1v) is 7.83. The molecule has 0 amide bonds. The number of hydrazine groups is 1. The Kier molecular flexibility index (Phi) is 5.09. The van der Waals surface area contributed by atoms with Gasteiger partial charge in [0.1, 0.15) is 5.82 Å². The Morgan fingerprint density at radius 3 is 2.57 bits per heavy atom. The number of rotatable bonds is 4. The molecule has 1 saturated carbocycles. The summed E-state index contributed by atoms with van der Waals surface area (Å²) in [5, 5.41) is 0.581. The molecule has 0 aromatic carbocycles. The van der Waals surface area contributed by atoms with Crippen LogP contribution in [-0.2, 0) is 0 Å². The zero-order valence-electron chi connectivity index (χ0n) is 13.1. The van der Waals surface area contributed by atoms with Crippen molar-refractivity contribution in [2.45, 2.75) is 44.2 Å². The largest absolute Gasteiger partial charge is 0.383 e. The van der Waals surface area contributed by atoms with Crippen LogP contribution in [0.25, 0.3) is 0 Å². The maximum atomic E-state index is 6.10. The summed E-state index contributed by atoms with van der Waals surface area (Å²) in [6, 6.07) is 1.78. The lowest BCUT2D eigenvalue weighted by Gasteiger charge is -2.49. The molecule has 0 bridgehead atoms. The highest BCUT2D eigenvalue weighted by Crippen LogP contribution is 2.44. The van der Waals surface area contributed by atoms with Gasteiger partial charge in [-0.2, -0.15) is 0 Å². The van der Waals surface area contributed by atoms with Crippen LogP contribution < -0.4 is 17.0 Å². The first-order chi connectivity index (χ1) is 9.90. The molecular weight excluding hydrogens is 286 g/mol. The average molecular weight is 312 g/mol. The topological polar surface area (TPSA) is 80.2 Å². The lowest BCUT2D eigenvalue weighted by molar-refractivity contribution is 0.0430. The van der Waals surface area contributed by atoms with E-state index in [1.54, 1.807) is 6.20 Å². The molecule has 0 saturated heterocycles. The molecule has 1 fully saturated rings. The molecule has 1 atom stereocenters. The molecule has 118 valence electrons. The highest BCUT2D eigenvalue weighted by Gasteiger charge is 2.44. The number of nitrogen functional groups attached to an aromatic ring is 1. The van der Waals surface area contributed by atoms with E-state index in [0.717, 1.165) is 24.3 Å². The van der Waals surface area contributed by atoms with Crippen LogP contribution in [0.3, 0.4) is 0 Å². The first-order valence-electron chi connectivity index (χ1n) is 7.45. The van der Waals surface area contributed by atoms with Crippen LogP contribution in [0.1, 0.15) is 44.2 Å². The van der Waals surface area contributed by atoms with Gasteiger partial charge in [-0.3, -0.25) is 11.3 Å². The van der Waals surface area contributed by atoms with Crippen molar-refractivity contribution in [1.82, 2.24) is 15.3 Å². The lowest BCUT2D eigenvalue weighted by Crippen LogP contribution is -2.57. The van der Waals surface area contributed by atoms with Gasteiger partial charge in [0, 0.05) is 17.3 Å². The van der Waals surface area contributed by atoms with Gasteiger partial charge in [-0.25, -0.2) is 4.98 Å². The fraction of sp³-hybridized carbons (Fsp3) is 0.667. The highest BCUT2D eigenvalue weighted by molar-refractivity contribution is 6.30. The van der Waals surface area contributed by atoms with Crippen molar-refractivity contribution >= 4 is 17.4 Å².